The van der Waals surface area contributed by atoms with Crippen molar-refractivity contribution in [3.05, 3.63) is 20.6 Å². The molecule has 0 saturated carbocycles. The molecule has 1 unspecified atom stereocenters. The van der Waals surface area contributed by atoms with E-state index < -0.39 is 0 Å². The van der Waals surface area contributed by atoms with Crippen LogP contribution in [-0.4, -0.2) is 13.7 Å². The standard InChI is InChI=1S/C11H13Br2NO2/c1-15-8-5-6(12)11-9(10(8)13)7(14)3-2-4-16-11/h5,7H,2-4,14H2,1H3. The largest absolute Gasteiger partial charge is 0.496 e. The molecule has 16 heavy (non-hydrogen) atoms. The quantitative estimate of drug-likeness (QED) is 0.844. The highest BCUT2D eigenvalue weighted by molar-refractivity contribution is 9.11. The van der Waals surface area contributed by atoms with Crippen LogP contribution in [0.4, 0.5) is 0 Å². The molecule has 1 heterocycles. The molecule has 0 bridgehead atoms. The predicted molar refractivity (Wildman–Crippen MR) is 70.1 cm³/mol. The minimum atomic E-state index is -0.0155. The number of ether oxygens (including phenoxy) is 2. The number of hydrogen-bond acceptors (Lipinski definition) is 3. The molecule has 1 atom stereocenters. The van der Waals surface area contributed by atoms with Gasteiger partial charge in [0.05, 0.1) is 22.7 Å². The van der Waals surface area contributed by atoms with Crippen LogP contribution in [0.15, 0.2) is 15.0 Å². The third-order valence-electron chi connectivity index (χ3n) is 2.67. The molecule has 5 heteroatoms. The minimum absolute atomic E-state index is 0.0155. The van der Waals surface area contributed by atoms with Crippen molar-refractivity contribution in [1.82, 2.24) is 0 Å². The van der Waals surface area contributed by atoms with E-state index in [-0.39, 0.29) is 6.04 Å². The van der Waals surface area contributed by atoms with Crippen LogP contribution in [0.5, 0.6) is 11.5 Å². The van der Waals surface area contributed by atoms with Gasteiger partial charge in [0, 0.05) is 11.6 Å². The van der Waals surface area contributed by atoms with Gasteiger partial charge in [0.15, 0.2) is 0 Å². The first-order valence-electron chi connectivity index (χ1n) is 5.09. The highest BCUT2D eigenvalue weighted by Gasteiger charge is 2.24. The van der Waals surface area contributed by atoms with E-state index in [0.717, 1.165) is 38.8 Å². The third-order valence-corrected chi connectivity index (χ3v) is 4.08. The van der Waals surface area contributed by atoms with Crippen molar-refractivity contribution in [2.24, 2.45) is 5.73 Å². The summed E-state index contributed by atoms with van der Waals surface area (Å²) in [5, 5.41) is 0. The van der Waals surface area contributed by atoms with Gasteiger partial charge in [-0.05, 0) is 50.8 Å². The van der Waals surface area contributed by atoms with Gasteiger partial charge in [-0.15, -0.1) is 0 Å². The molecule has 1 aromatic rings. The van der Waals surface area contributed by atoms with Crippen LogP contribution >= 0.6 is 31.9 Å². The lowest BCUT2D eigenvalue weighted by atomic mass is 10.0. The van der Waals surface area contributed by atoms with Gasteiger partial charge in [-0.25, -0.2) is 0 Å². The number of nitrogens with two attached hydrogens (primary N) is 1. The summed E-state index contributed by atoms with van der Waals surface area (Å²) >= 11 is 7.02. The average molecular weight is 351 g/mol. The Hall–Kier alpha value is -0.260. The second-order valence-electron chi connectivity index (χ2n) is 3.71. The first kappa shape index (κ1) is 12.2. The third kappa shape index (κ3) is 2.08. The van der Waals surface area contributed by atoms with E-state index in [1.165, 1.54) is 0 Å². The van der Waals surface area contributed by atoms with Gasteiger partial charge in [0.1, 0.15) is 11.5 Å². The molecular formula is C11H13Br2NO2. The van der Waals surface area contributed by atoms with Crippen molar-refractivity contribution >= 4 is 31.9 Å². The Balaban J connectivity index is 2.62. The highest BCUT2D eigenvalue weighted by atomic mass is 79.9. The lowest BCUT2D eigenvalue weighted by molar-refractivity contribution is 0.313. The molecule has 2 rings (SSSR count). The zero-order valence-corrected chi connectivity index (χ0v) is 12.1. The lowest BCUT2D eigenvalue weighted by Gasteiger charge is -2.17. The van der Waals surface area contributed by atoms with Crippen LogP contribution in [0.3, 0.4) is 0 Å². The van der Waals surface area contributed by atoms with Crippen molar-refractivity contribution in [2.45, 2.75) is 18.9 Å². The molecule has 1 aromatic carbocycles. The molecule has 2 N–H and O–H groups in total. The van der Waals surface area contributed by atoms with Gasteiger partial charge >= 0.3 is 0 Å². The van der Waals surface area contributed by atoms with E-state index in [0.29, 0.717) is 6.61 Å². The predicted octanol–water partition coefficient (Wildman–Crippen LogP) is 3.39. The van der Waals surface area contributed by atoms with Crippen LogP contribution in [0.2, 0.25) is 0 Å². The molecule has 0 radical (unpaired) electrons. The Morgan fingerprint density at radius 3 is 2.94 bits per heavy atom. The fourth-order valence-corrected chi connectivity index (χ4v) is 3.14. The van der Waals surface area contributed by atoms with Gasteiger partial charge in [-0.1, -0.05) is 0 Å². The Labute approximate surface area is 112 Å². The molecule has 0 aliphatic carbocycles. The summed E-state index contributed by atoms with van der Waals surface area (Å²) in [5.74, 6) is 1.60. The average Bonchev–Trinajstić information content (AvgIpc) is 2.46. The van der Waals surface area contributed by atoms with E-state index in [1.807, 2.05) is 6.07 Å². The van der Waals surface area contributed by atoms with Gasteiger partial charge in [0.2, 0.25) is 0 Å². The summed E-state index contributed by atoms with van der Waals surface area (Å²) in [6.45, 7) is 0.706. The molecule has 0 aromatic heterocycles. The van der Waals surface area contributed by atoms with Crippen LogP contribution < -0.4 is 15.2 Å². The van der Waals surface area contributed by atoms with Gasteiger partial charge < -0.3 is 15.2 Å². The molecular weight excluding hydrogens is 338 g/mol. The molecule has 0 saturated heterocycles. The van der Waals surface area contributed by atoms with Crippen molar-refractivity contribution in [1.29, 1.82) is 0 Å². The fraction of sp³-hybridized carbons (Fsp3) is 0.455. The smallest absolute Gasteiger partial charge is 0.139 e. The minimum Gasteiger partial charge on any atom is -0.496 e. The zero-order chi connectivity index (χ0) is 11.7. The van der Waals surface area contributed by atoms with E-state index in [2.05, 4.69) is 31.9 Å². The molecule has 0 spiro atoms. The van der Waals surface area contributed by atoms with Crippen LogP contribution in [-0.2, 0) is 0 Å². The summed E-state index contributed by atoms with van der Waals surface area (Å²) in [6, 6.07) is 1.87. The van der Waals surface area contributed by atoms with Crippen LogP contribution in [0, 0.1) is 0 Å². The summed E-state index contributed by atoms with van der Waals surface area (Å²) in [6.07, 6.45) is 1.89. The second kappa shape index (κ2) is 4.94. The number of hydrogen-bond donors (Lipinski definition) is 1. The lowest BCUT2D eigenvalue weighted by Crippen LogP contribution is -2.10. The maximum absolute atomic E-state index is 6.15. The first-order valence-corrected chi connectivity index (χ1v) is 6.68. The van der Waals surface area contributed by atoms with Crippen molar-refractivity contribution in [3.63, 3.8) is 0 Å². The zero-order valence-electron chi connectivity index (χ0n) is 8.93. The number of rotatable bonds is 1. The maximum Gasteiger partial charge on any atom is 0.139 e. The monoisotopic (exact) mass is 349 g/mol. The normalized spacial score (nSPS) is 19.6. The van der Waals surface area contributed by atoms with Gasteiger partial charge in [-0.3, -0.25) is 0 Å². The maximum atomic E-state index is 6.15. The SMILES string of the molecule is COc1cc(Br)c2c(c1Br)C(N)CCCO2. The Bertz CT molecular complexity index is 409. The Morgan fingerprint density at radius 1 is 1.50 bits per heavy atom. The molecule has 0 fully saturated rings. The van der Waals surface area contributed by atoms with Crippen molar-refractivity contribution in [3.8, 4) is 11.5 Å². The van der Waals surface area contributed by atoms with Crippen LogP contribution in [0.25, 0.3) is 0 Å². The molecule has 0 amide bonds. The number of benzene rings is 1. The highest BCUT2D eigenvalue weighted by Crippen LogP contribution is 2.45. The Kier molecular flexibility index (Phi) is 3.77. The van der Waals surface area contributed by atoms with E-state index in [4.69, 9.17) is 15.2 Å². The molecule has 88 valence electrons. The molecule has 3 nitrogen and oxygen atoms in total. The van der Waals surface area contributed by atoms with Gasteiger partial charge in [0.25, 0.3) is 0 Å². The number of methoxy groups -OCH3 is 1. The van der Waals surface area contributed by atoms with Crippen LogP contribution in [0.1, 0.15) is 24.4 Å². The summed E-state index contributed by atoms with van der Waals surface area (Å²) in [7, 11) is 1.64. The fourth-order valence-electron chi connectivity index (χ4n) is 1.85. The summed E-state index contributed by atoms with van der Waals surface area (Å²) < 4.78 is 12.8. The van der Waals surface area contributed by atoms with Crippen molar-refractivity contribution in [2.75, 3.05) is 13.7 Å². The van der Waals surface area contributed by atoms with Gasteiger partial charge in [-0.2, -0.15) is 0 Å². The van der Waals surface area contributed by atoms with E-state index >= 15 is 0 Å². The first-order chi connectivity index (χ1) is 7.65. The molecule has 1 aliphatic heterocycles. The van der Waals surface area contributed by atoms with Crippen molar-refractivity contribution < 1.29 is 9.47 Å². The summed E-state index contributed by atoms with van der Waals surface area (Å²) in [4.78, 5) is 0. The second-order valence-corrected chi connectivity index (χ2v) is 5.36. The topological polar surface area (TPSA) is 44.5 Å². The summed E-state index contributed by atoms with van der Waals surface area (Å²) in [5.41, 5.74) is 7.14. The van der Waals surface area contributed by atoms with E-state index in [9.17, 15) is 0 Å². The number of halogens is 2. The van der Waals surface area contributed by atoms with E-state index in [1.54, 1.807) is 7.11 Å². The Morgan fingerprint density at radius 2 is 2.25 bits per heavy atom. The number of fused-ring (bicyclic) bond motifs is 1. The molecule has 1 aliphatic rings.